The lowest BCUT2D eigenvalue weighted by Crippen LogP contribution is -2.26. The Morgan fingerprint density at radius 3 is 2.88 bits per heavy atom. The summed E-state index contributed by atoms with van der Waals surface area (Å²) >= 11 is 0. The molecule has 0 aliphatic rings. The maximum absolute atomic E-state index is 12.7. The molecule has 1 amide bonds. The van der Waals surface area contributed by atoms with Crippen LogP contribution in [0.5, 0.6) is 5.75 Å². The van der Waals surface area contributed by atoms with Crippen LogP contribution in [0.4, 0.5) is 8.78 Å². The van der Waals surface area contributed by atoms with E-state index in [4.69, 9.17) is 4.74 Å². The molecule has 0 unspecified atom stereocenters. The van der Waals surface area contributed by atoms with Gasteiger partial charge in [-0.2, -0.15) is 13.9 Å². The number of nitrogens with zero attached hydrogens (tertiary/aromatic N) is 2. The molecule has 0 spiro atoms. The van der Waals surface area contributed by atoms with E-state index in [1.165, 1.54) is 13.0 Å². The number of hydrogen-bond donors (Lipinski definition) is 2. The molecule has 0 saturated carbocycles. The number of rotatable bonds is 6. The molecule has 0 atom stereocenters. The van der Waals surface area contributed by atoms with E-state index in [0.717, 1.165) is 22.2 Å². The zero-order valence-corrected chi connectivity index (χ0v) is 13.8. The van der Waals surface area contributed by atoms with E-state index >= 15 is 0 Å². The van der Waals surface area contributed by atoms with Crippen molar-refractivity contribution < 1.29 is 18.3 Å². The standard InChI is InChI=1S/C17H18F2N4O2/c1-10-7-15(22-23(10)17(18)19)16(24)20-6-5-11-9-21-14-4-3-12(25-2)8-13(11)14/h3-4,7-9,17,21H,5-6H2,1-2H3,(H,20,24). The van der Waals surface area contributed by atoms with Crippen LogP contribution in [0, 0.1) is 6.92 Å². The van der Waals surface area contributed by atoms with Gasteiger partial charge in [0.05, 0.1) is 7.11 Å². The van der Waals surface area contributed by atoms with Crippen LogP contribution >= 0.6 is 0 Å². The Morgan fingerprint density at radius 2 is 2.20 bits per heavy atom. The van der Waals surface area contributed by atoms with Crippen molar-refractivity contribution in [1.82, 2.24) is 20.1 Å². The minimum Gasteiger partial charge on any atom is -0.497 e. The van der Waals surface area contributed by atoms with Crippen molar-refractivity contribution in [2.24, 2.45) is 0 Å². The molecule has 2 N–H and O–H groups in total. The van der Waals surface area contributed by atoms with Gasteiger partial charge in [-0.25, -0.2) is 4.68 Å². The first-order chi connectivity index (χ1) is 12.0. The summed E-state index contributed by atoms with van der Waals surface area (Å²) in [5.74, 6) is 0.283. The van der Waals surface area contributed by atoms with Gasteiger partial charge in [0, 0.05) is 29.3 Å². The Bertz CT molecular complexity index is 901. The van der Waals surface area contributed by atoms with Crippen molar-refractivity contribution in [2.75, 3.05) is 13.7 Å². The number of amides is 1. The number of H-pyrrole nitrogens is 1. The number of hydrogen-bond acceptors (Lipinski definition) is 3. The smallest absolute Gasteiger partial charge is 0.333 e. The molecule has 0 bridgehead atoms. The molecule has 0 aliphatic carbocycles. The molecule has 0 radical (unpaired) electrons. The molecule has 2 aromatic heterocycles. The fourth-order valence-electron chi connectivity index (χ4n) is 2.69. The van der Waals surface area contributed by atoms with Crippen LogP contribution in [-0.2, 0) is 6.42 Å². The number of nitrogens with one attached hydrogen (secondary N) is 2. The highest BCUT2D eigenvalue weighted by molar-refractivity contribution is 5.92. The highest BCUT2D eigenvalue weighted by Gasteiger charge is 2.16. The summed E-state index contributed by atoms with van der Waals surface area (Å²) in [6.07, 6.45) is 2.47. The summed E-state index contributed by atoms with van der Waals surface area (Å²) in [5, 5.41) is 7.35. The Balaban J connectivity index is 1.65. The molecular formula is C17H18F2N4O2. The highest BCUT2D eigenvalue weighted by atomic mass is 19.3. The Kier molecular flexibility index (Phi) is 4.69. The van der Waals surface area contributed by atoms with Gasteiger partial charge in [-0.1, -0.05) is 0 Å². The van der Waals surface area contributed by atoms with Gasteiger partial charge >= 0.3 is 6.55 Å². The normalized spacial score (nSPS) is 11.2. The predicted octanol–water partition coefficient (Wildman–Crippen LogP) is 3.05. The zero-order valence-electron chi connectivity index (χ0n) is 13.8. The minimum atomic E-state index is -2.76. The summed E-state index contributed by atoms with van der Waals surface area (Å²) in [6, 6.07) is 7.07. The molecule has 25 heavy (non-hydrogen) atoms. The monoisotopic (exact) mass is 348 g/mol. The SMILES string of the molecule is COc1ccc2[nH]cc(CCNC(=O)c3cc(C)n(C(F)F)n3)c2c1. The van der Waals surface area contributed by atoms with Gasteiger partial charge in [0.15, 0.2) is 5.69 Å². The van der Waals surface area contributed by atoms with Crippen molar-refractivity contribution >= 4 is 16.8 Å². The number of aryl methyl sites for hydroxylation is 1. The molecular weight excluding hydrogens is 330 g/mol. The van der Waals surface area contributed by atoms with Crippen molar-refractivity contribution in [1.29, 1.82) is 0 Å². The van der Waals surface area contributed by atoms with E-state index in [1.54, 1.807) is 7.11 Å². The predicted molar refractivity (Wildman–Crippen MR) is 89.1 cm³/mol. The first kappa shape index (κ1) is 16.9. The molecule has 0 fully saturated rings. The molecule has 3 aromatic rings. The van der Waals surface area contributed by atoms with Crippen molar-refractivity contribution in [3.8, 4) is 5.75 Å². The average molecular weight is 348 g/mol. The fourth-order valence-corrected chi connectivity index (χ4v) is 2.69. The zero-order chi connectivity index (χ0) is 18.0. The number of aromatic amines is 1. The van der Waals surface area contributed by atoms with Crippen molar-refractivity contribution in [3.05, 3.63) is 47.4 Å². The van der Waals surface area contributed by atoms with Gasteiger partial charge in [-0.15, -0.1) is 0 Å². The molecule has 6 nitrogen and oxygen atoms in total. The first-order valence-corrected chi connectivity index (χ1v) is 7.76. The average Bonchev–Trinajstić information content (AvgIpc) is 3.18. The molecule has 2 heterocycles. The van der Waals surface area contributed by atoms with Crippen LogP contribution in [0.25, 0.3) is 10.9 Å². The van der Waals surface area contributed by atoms with E-state index in [2.05, 4.69) is 15.4 Å². The van der Waals surface area contributed by atoms with Crippen LogP contribution in [0.15, 0.2) is 30.5 Å². The number of ether oxygens (including phenoxy) is 1. The second-order valence-corrected chi connectivity index (χ2v) is 5.62. The van der Waals surface area contributed by atoms with E-state index in [0.29, 0.717) is 17.6 Å². The van der Waals surface area contributed by atoms with Crippen LogP contribution in [0.2, 0.25) is 0 Å². The lowest BCUT2D eigenvalue weighted by atomic mass is 10.1. The third-order valence-electron chi connectivity index (χ3n) is 3.99. The molecule has 132 valence electrons. The lowest BCUT2D eigenvalue weighted by Gasteiger charge is -2.04. The summed E-state index contributed by atoms with van der Waals surface area (Å²) in [6.45, 7) is -0.915. The number of carbonyl (C=O) groups excluding carboxylic acids is 1. The maximum Gasteiger partial charge on any atom is 0.333 e. The number of halogens is 2. The van der Waals surface area contributed by atoms with Crippen LogP contribution in [-0.4, -0.2) is 34.3 Å². The third kappa shape index (κ3) is 3.47. The quantitative estimate of drug-likeness (QED) is 0.719. The molecule has 3 rings (SSSR count). The minimum absolute atomic E-state index is 0.0154. The van der Waals surface area contributed by atoms with Gasteiger partial charge in [0.25, 0.3) is 5.91 Å². The maximum atomic E-state index is 12.7. The summed E-state index contributed by atoms with van der Waals surface area (Å²) < 4.78 is 31.2. The second kappa shape index (κ2) is 6.92. The number of aromatic nitrogens is 3. The second-order valence-electron chi connectivity index (χ2n) is 5.62. The highest BCUT2D eigenvalue weighted by Crippen LogP contribution is 2.23. The lowest BCUT2D eigenvalue weighted by molar-refractivity contribution is 0.0538. The number of benzene rings is 1. The summed E-state index contributed by atoms with van der Waals surface area (Å²) in [5.41, 5.74) is 2.24. The van der Waals surface area contributed by atoms with Gasteiger partial charge in [-0.05, 0) is 43.2 Å². The van der Waals surface area contributed by atoms with E-state index in [-0.39, 0.29) is 11.4 Å². The van der Waals surface area contributed by atoms with Crippen LogP contribution in [0.3, 0.4) is 0 Å². The topological polar surface area (TPSA) is 71.9 Å². The summed E-state index contributed by atoms with van der Waals surface area (Å²) in [7, 11) is 1.61. The molecule has 0 saturated heterocycles. The van der Waals surface area contributed by atoms with Crippen LogP contribution < -0.4 is 10.1 Å². The van der Waals surface area contributed by atoms with Crippen molar-refractivity contribution in [3.63, 3.8) is 0 Å². The van der Waals surface area contributed by atoms with Crippen molar-refractivity contribution in [2.45, 2.75) is 19.9 Å². The van der Waals surface area contributed by atoms with E-state index in [9.17, 15) is 13.6 Å². The Hall–Kier alpha value is -2.90. The van der Waals surface area contributed by atoms with Gasteiger partial charge in [-0.3, -0.25) is 4.79 Å². The van der Waals surface area contributed by atoms with Gasteiger partial charge in [0.1, 0.15) is 5.75 Å². The molecule has 8 heteroatoms. The largest absolute Gasteiger partial charge is 0.497 e. The van der Waals surface area contributed by atoms with Crippen LogP contribution in [0.1, 0.15) is 28.3 Å². The molecule has 1 aromatic carbocycles. The Labute approximate surface area is 142 Å². The number of carbonyl (C=O) groups is 1. The van der Waals surface area contributed by atoms with E-state index in [1.807, 2.05) is 24.4 Å². The Morgan fingerprint density at radius 1 is 1.40 bits per heavy atom. The third-order valence-corrected chi connectivity index (χ3v) is 3.99. The van der Waals surface area contributed by atoms with Gasteiger partial charge in [0.2, 0.25) is 0 Å². The molecule has 0 aliphatic heterocycles. The van der Waals surface area contributed by atoms with Gasteiger partial charge < -0.3 is 15.0 Å². The number of fused-ring (bicyclic) bond motifs is 1. The fraction of sp³-hybridized carbons (Fsp3) is 0.294. The first-order valence-electron chi connectivity index (χ1n) is 7.76. The number of alkyl halides is 2. The number of methoxy groups -OCH3 is 1. The van der Waals surface area contributed by atoms with E-state index < -0.39 is 12.5 Å². The summed E-state index contributed by atoms with van der Waals surface area (Å²) in [4.78, 5) is 15.2.